The molecule has 1 fully saturated rings. The standard InChI is InChI=1S/C18H27N3O2/c1-5-19-17(21-14-8-12(14)2)20-10-18(3,4)13-6-7-15-16(9-13)23-11-22-15/h6-7,9,12,14H,5,8,10-11H2,1-4H3,(H2,19,20,21). The van der Waals surface area contributed by atoms with Gasteiger partial charge in [-0.2, -0.15) is 0 Å². The van der Waals surface area contributed by atoms with Crippen LogP contribution in [-0.2, 0) is 5.41 Å². The van der Waals surface area contributed by atoms with Crippen LogP contribution in [0.1, 0.15) is 39.7 Å². The van der Waals surface area contributed by atoms with E-state index in [4.69, 9.17) is 14.5 Å². The van der Waals surface area contributed by atoms with E-state index in [1.807, 2.05) is 6.07 Å². The minimum Gasteiger partial charge on any atom is -0.454 e. The highest BCUT2D eigenvalue weighted by Gasteiger charge is 2.33. The van der Waals surface area contributed by atoms with Crippen LogP contribution >= 0.6 is 0 Å². The zero-order valence-electron chi connectivity index (χ0n) is 14.5. The molecule has 0 bridgehead atoms. The number of rotatable bonds is 5. The molecule has 1 saturated carbocycles. The van der Waals surface area contributed by atoms with Crippen LogP contribution in [0, 0.1) is 5.92 Å². The average molecular weight is 317 g/mol. The zero-order valence-corrected chi connectivity index (χ0v) is 14.5. The molecule has 0 aromatic heterocycles. The highest BCUT2D eigenvalue weighted by Crippen LogP contribution is 2.36. The van der Waals surface area contributed by atoms with E-state index >= 15 is 0 Å². The van der Waals surface area contributed by atoms with Gasteiger partial charge in [0, 0.05) is 18.0 Å². The molecule has 0 amide bonds. The van der Waals surface area contributed by atoms with Gasteiger partial charge in [-0.15, -0.1) is 0 Å². The first-order chi connectivity index (χ1) is 11.0. The number of nitrogens with one attached hydrogen (secondary N) is 2. The molecule has 2 unspecified atom stereocenters. The first-order valence-corrected chi connectivity index (χ1v) is 8.44. The van der Waals surface area contributed by atoms with E-state index in [0.717, 1.165) is 29.9 Å². The summed E-state index contributed by atoms with van der Waals surface area (Å²) in [4.78, 5) is 4.79. The van der Waals surface area contributed by atoms with Gasteiger partial charge in [0.25, 0.3) is 0 Å². The van der Waals surface area contributed by atoms with Crippen LogP contribution in [0.3, 0.4) is 0 Å². The summed E-state index contributed by atoms with van der Waals surface area (Å²) in [5, 5.41) is 6.84. The lowest BCUT2D eigenvalue weighted by Crippen LogP contribution is -2.40. The van der Waals surface area contributed by atoms with Gasteiger partial charge in [-0.3, -0.25) is 4.99 Å². The van der Waals surface area contributed by atoms with Crippen LogP contribution in [-0.4, -0.2) is 31.9 Å². The summed E-state index contributed by atoms with van der Waals surface area (Å²) in [7, 11) is 0. The lowest BCUT2D eigenvalue weighted by Gasteiger charge is -2.24. The van der Waals surface area contributed by atoms with Crippen LogP contribution in [0.15, 0.2) is 23.2 Å². The summed E-state index contributed by atoms with van der Waals surface area (Å²) in [6.45, 7) is 10.7. The zero-order chi connectivity index (χ0) is 16.4. The van der Waals surface area contributed by atoms with Crippen molar-refractivity contribution >= 4 is 5.96 Å². The molecule has 1 aromatic rings. The molecular formula is C18H27N3O2. The van der Waals surface area contributed by atoms with Crippen molar-refractivity contribution in [1.82, 2.24) is 10.6 Å². The van der Waals surface area contributed by atoms with Crippen LogP contribution < -0.4 is 20.1 Å². The van der Waals surface area contributed by atoms with E-state index in [9.17, 15) is 0 Å². The molecule has 1 aromatic carbocycles. The number of hydrogen-bond donors (Lipinski definition) is 2. The molecule has 0 radical (unpaired) electrons. The first-order valence-electron chi connectivity index (χ1n) is 8.44. The molecule has 1 heterocycles. The Morgan fingerprint density at radius 1 is 1.30 bits per heavy atom. The van der Waals surface area contributed by atoms with Gasteiger partial charge in [0.1, 0.15) is 0 Å². The van der Waals surface area contributed by atoms with Gasteiger partial charge in [0.15, 0.2) is 17.5 Å². The molecular weight excluding hydrogens is 290 g/mol. The second-order valence-corrected chi connectivity index (χ2v) is 7.11. The first kappa shape index (κ1) is 16.0. The normalized spacial score (nSPS) is 22.9. The maximum atomic E-state index is 5.49. The van der Waals surface area contributed by atoms with Crippen molar-refractivity contribution in [2.75, 3.05) is 19.9 Å². The van der Waals surface area contributed by atoms with Crippen LogP contribution in [0.5, 0.6) is 11.5 Å². The number of guanidine groups is 1. The molecule has 2 atom stereocenters. The van der Waals surface area contributed by atoms with Gasteiger partial charge in [-0.25, -0.2) is 0 Å². The van der Waals surface area contributed by atoms with Crippen LogP contribution in [0.2, 0.25) is 0 Å². The highest BCUT2D eigenvalue weighted by molar-refractivity contribution is 5.80. The van der Waals surface area contributed by atoms with Gasteiger partial charge in [-0.1, -0.05) is 26.8 Å². The minimum atomic E-state index is -0.0709. The van der Waals surface area contributed by atoms with Gasteiger partial charge in [0.2, 0.25) is 6.79 Å². The fraction of sp³-hybridized carbons (Fsp3) is 0.611. The lowest BCUT2D eigenvalue weighted by molar-refractivity contribution is 0.174. The van der Waals surface area contributed by atoms with Gasteiger partial charge >= 0.3 is 0 Å². The Kier molecular flexibility index (Phi) is 4.37. The van der Waals surface area contributed by atoms with Crippen molar-refractivity contribution in [2.45, 2.75) is 45.6 Å². The second kappa shape index (κ2) is 6.30. The van der Waals surface area contributed by atoms with Gasteiger partial charge < -0.3 is 20.1 Å². The van der Waals surface area contributed by atoms with E-state index in [2.05, 4.69) is 50.5 Å². The Labute approximate surface area is 138 Å². The van der Waals surface area contributed by atoms with E-state index in [0.29, 0.717) is 19.4 Å². The van der Waals surface area contributed by atoms with E-state index in [-0.39, 0.29) is 5.41 Å². The van der Waals surface area contributed by atoms with Crippen molar-refractivity contribution in [1.29, 1.82) is 0 Å². The Balaban J connectivity index is 1.69. The van der Waals surface area contributed by atoms with Crippen molar-refractivity contribution in [3.63, 3.8) is 0 Å². The third-order valence-electron chi connectivity index (χ3n) is 4.56. The lowest BCUT2D eigenvalue weighted by atomic mass is 9.84. The molecule has 0 saturated heterocycles. The Morgan fingerprint density at radius 3 is 2.74 bits per heavy atom. The molecule has 2 N–H and O–H groups in total. The third kappa shape index (κ3) is 3.71. The molecule has 3 rings (SSSR count). The van der Waals surface area contributed by atoms with Crippen molar-refractivity contribution in [3.05, 3.63) is 23.8 Å². The van der Waals surface area contributed by atoms with Crippen molar-refractivity contribution < 1.29 is 9.47 Å². The number of ether oxygens (including phenoxy) is 2. The predicted octanol–water partition coefficient (Wildman–Crippen LogP) is 2.66. The number of nitrogens with zero attached hydrogens (tertiary/aromatic N) is 1. The molecule has 5 heteroatoms. The van der Waals surface area contributed by atoms with Gasteiger partial charge in [-0.05, 0) is 37.0 Å². The molecule has 1 aliphatic carbocycles. The molecule has 2 aliphatic rings. The summed E-state index contributed by atoms with van der Waals surface area (Å²) >= 11 is 0. The van der Waals surface area contributed by atoms with E-state index in [1.165, 1.54) is 12.0 Å². The number of fused-ring (bicyclic) bond motifs is 1. The molecule has 1 aliphatic heterocycles. The molecule has 0 spiro atoms. The SMILES string of the molecule is CCNC(=NCC(C)(C)c1ccc2c(c1)OCO2)NC1CC1C. The maximum absolute atomic E-state index is 5.49. The Hall–Kier alpha value is -1.91. The molecule has 23 heavy (non-hydrogen) atoms. The smallest absolute Gasteiger partial charge is 0.231 e. The van der Waals surface area contributed by atoms with E-state index < -0.39 is 0 Å². The highest BCUT2D eigenvalue weighted by atomic mass is 16.7. The van der Waals surface area contributed by atoms with Crippen molar-refractivity contribution in [3.8, 4) is 11.5 Å². The summed E-state index contributed by atoms with van der Waals surface area (Å²) < 4.78 is 10.9. The van der Waals surface area contributed by atoms with Gasteiger partial charge in [0.05, 0.1) is 6.54 Å². The summed E-state index contributed by atoms with van der Waals surface area (Å²) in [6.07, 6.45) is 1.23. The van der Waals surface area contributed by atoms with Crippen LogP contribution in [0.4, 0.5) is 0 Å². The fourth-order valence-corrected chi connectivity index (χ4v) is 2.70. The largest absolute Gasteiger partial charge is 0.454 e. The molecule has 5 nitrogen and oxygen atoms in total. The quantitative estimate of drug-likeness (QED) is 0.647. The maximum Gasteiger partial charge on any atom is 0.231 e. The fourth-order valence-electron chi connectivity index (χ4n) is 2.70. The summed E-state index contributed by atoms with van der Waals surface area (Å²) in [6, 6.07) is 6.73. The monoisotopic (exact) mass is 317 g/mol. The molecule has 126 valence electrons. The van der Waals surface area contributed by atoms with E-state index in [1.54, 1.807) is 0 Å². The van der Waals surface area contributed by atoms with Crippen LogP contribution in [0.25, 0.3) is 0 Å². The summed E-state index contributed by atoms with van der Waals surface area (Å²) in [5.41, 5.74) is 1.14. The topological polar surface area (TPSA) is 54.9 Å². The summed E-state index contributed by atoms with van der Waals surface area (Å²) in [5.74, 6) is 3.32. The Morgan fingerprint density at radius 2 is 2.04 bits per heavy atom. The van der Waals surface area contributed by atoms with Crippen molar-refractivity contribution in [2.24, 2.45) is 10.9 Å². The number of hydrogen-bond acceptors (Lipinski definition) is 3. The third-order valence-corrected chi connectivity index (χ3v) is 4.56. The Bertz CT molecular complexity index is 598. The minimum absolute atomic E-state index is 0.0709. The number of benzene rings is 1. The predicted molar refractivity (Wildman–Crippen MR) is 92.3 cm³/mol. The average Bonchev–Trinajstić information content (AvgIpc) is 3.01. The second-order valence-electron chi connectivity index (χ2n) is 7.11. The number of aliphatic imine (C=N–C) groups is 1.